The number of nitrogens with zero attached hydrogens (tertiary/aromatic N) is 2. The summed E-state index contributed by atoms with van der Waals surface area (Å²) in [5.74, 6) is 6.12. The van der Waals surface area contributed by atoms with E-state index in [9.17, 15) is 26.4 Å². The van der Waals surface area contributed by atoms with Crippen molar-refractivity contribution in [2.45, 2.75) is 50.3 Å². The number of halogens is 3. The first-order chi connectivity index (χ1) is 19.8. The lowest BCUT2D eigenvalue weighted by Crippen LogP contribution is -2.43. The van der Waals surface area contributed by atoms with Crippen molar-refractivity contribution in [2.24, 2.45) is 5.92 Å². The number of sulfone groups is 1. The average molecular weight is 605 g/mol. The van der Waals surface area contributed by atoms with Crippen LogP contribution in [0.25, 0.3) is 10.9 Å². The Labute approximate surface area is 244 Å². The molecule has 1 aliphatic rings. The van der Waals surface area contributed by atoms with Crippen molar-refractivity contribution in [1.82, 2.24) is 9.47 Å². The number of ether oxygens (including phenoxy) is 1. The molecule has 226 valence electrons. The molecule has 4 rings (SSSR count). The van der Waals surface area contributed by atoms with E-state index < -0.39 is 22.6 Å². The van der Waals surface area contributed by atoms with E-state index in [0.29, 0.717) is 35.4 Å². The number of rotatable bonds is 8. The number of fused-ring (bicyclic) bond motifs is 1. The van der Waals surface area contributed by atoms with Crippen LogP contribution >= 0.6 is 0 Å². The first-order valence-electron chi connectivity index (χ1n) is 13.6. The van der Waals surface area contributed by atoms with Crippen LogP contribution in [0, 0.1) is 17.8 Å². The molecule has 1 saturated heterocycles. The van der Waals surface area contributed by atoms with Crippen molar-refractivity contribution >= 4 is 38.0 Å². The van der Waals surface area contributed by atoms with E-state index in [-0.39, 0.29) is 35.0 Å². The van der Waals surface area contributed by atoms with Gasteiger partial charge in [-0.05, 0) is 49.1 Å². The van der Waals surface area contributed by atoms with E-state index in [1.165, 1.54) is 23.8 Å². The highest BCUT2D eigenvalue weighted by atomic mass is 32.2. The van der Waals surface area contributed by atoms with Crippen molar-refractivity contribution in [3.05, 3.63) is 48.2 Å². The van der Waals surface area contributed by atoms with E-state index in [0.717, 1.165) is 24.8 Å². The minimum Gasteiger partial charge on any atom is -0.495 e. The van der Waals surface area contributed by atoms with Crippen LogP contribution in [0.1, 0.15) is 32.4 Å². The van der Waals surface area contributed by atoms with Gasteiger partial charge < -0.3 is 24.8 Å². The zero-order valence-electron chi connectivity index (χ0n) is 24.0. The van der Waals surface area contributed by atoms with Gasteiger partial charge in [-0.25, -0.2) is 8.42 Å². The van der Waals surface area contributed by atoms with E-state index in [2.05, 4.69) is 22.5 Å². The average Bonchev–Trinajstić information content (AvgIpc) is 3.27. The molecule has 0 saturated carbocycles. The van der Waals surface area contributed by atoms with E-state index in [1.54, 1.807) is 24.3 Å². The number of nitrogens with one attached hydrogen (secondary N) is 2. The number of carbonyl (C=O) groups excluding carboxylic acids is 1. The van der Waals surface area contributed by atoms with Crippen LogP contribution in [0.3, 0.4) is 0 Å². The second kappa shape index (κ2) is 12.6. The van der Waals surface area contributed by atoms with Crippen LogP contribution in [-0.4, -0.2) is 69.0 Å². The molecular formula is C30H35F3N4O4S. The number of hydrogen-bond acceptors (Lipinski definition) is 6. The summed E-state index contributed by atoms with van der Waals surface area (Å²) in [4.78, 5) is 14.3. The van der Waals surface area contributed by atoms with Gasteiger partial charge in [0.1, 0.15) is 12.3 Å². The third kappa shape index (κ3) is 7.50. The molecule has 2 N–H and O–H groups in total. The molecular weight excluding hydrogens is 569 g/mol. The van der Waals surface area contributed by atoms with Gasteiger partial charge in [-0.3, -0.25) is 4.79 Å². The SMILES string of the molecule is COc1cc(S(C)(=O)=O)ccc1NCC#Cc1cc2c(NC3CCN(C(=O)C(C)C)CC3)cccc2n1CC(F)(F)F. The van der Waals surface area contributed by atoms with Crippen molar-refractivity contribution in [3.8, 4) is 17.6 Å². The predicted molar refractivity (Wildman–Crippen MR) is 158 cm³/mol. The molecule has 0 aliphatic carbocycles. The second-order valence-electron chi connectivity index (χ2n) is 10.7. The Morgan fingerprint density at radius 1 is 1.12 bits per heavy atom. The number of likely N-dealkylation sites (tertiary alicyclic amines) is 1. The molecule has 0 radical (unpaired) electrons. The van der Waals surface area contributed by atoms with Gasteiger partial charge in [-0.2, -0.15) is 13.2 Å². The molecule has 1 amide bonds. The largest absolute Gasteiger partial charge is 0.495 e. The summed E-state index contributed by atoms with van der Waals surface area (Å²) in [7, 11) is -2.01. The van der Waals surface area contributed by atoms with Gasteiger partial charge in [-0.15, -0.1) is 0 Å². The molecule has 2 aromatic carbocycles. The van der Waals surface area contributed by atoms with Crippen LogP contribution in [0.4, 0.5) is 24.5 Å². The lowest BCUT2D eigenvalue weighted by atomic mass is 10.0. The quantitative estimate of drug-likeness (QED) is 0.346. The van der Waals surface area contributed by atoms with Gasteiger partial charge in [-0.1, -0.05) is 25.8 Å². The number of alkyl halides is 3. The van der Waals surface area contributed by atoms with Crippen LogP contribution in [0.15, 0.2) is 47.4 Å². The number of amides is 1. The number of hydrogen-bond donors (Lipinski definition) is 2. The number of aromatic nitrogens is 1. The Bertz CT molecular complexity index is 1610. The summed E-state index contributed by atoms with van der Waals surface area (Å²) < 4.78 is 70.9. The maximum absolute atomic E-state index is 13.6. The monoisotopic (exact) mass is 604 g/mol. The summed E-state index contributed by atoms with van der Waals surface area (Å²) in [5.41, 5.74) is 1.86. The molecule has 12 heteroatoms. The van der Waals surface area contributed by atoms with Crippen LogP contribution in [0.5, 0.6) is 5.75 Å². The summed E-state index contributed by atoms with van der Waals surface area (Å²) >= 11 is 0. The standard InChI is InChI=1S/C30H35F3N4O4S/c1-20(2)29(38)36-15-12-21(13-16-36)35-25-8-5-9-27-24(25)17-22(37(27)19-30(31,32)33)7-6-14-34-26-11-10-23(42(4,39)40)18-28(26)41-3/h5,8-11,17-18,20-21,34-35H,12-16,19H2,1-4H3. The molecule has 1 aromatic heterocycles. The van der Waals surface area contributed by atoms with E-state index >= 15 is 0 Å². The van der Waals surface area contributed by atoms with Gasteiger partial charge in [0, 0.05) is 48.4 Å². The Morgan fingerprint density at radius 2 is 1.83 bits per heavy atom. The van der Waals surface area contributed by atoms with E-state index in [1.807, 2.05) is 24.8 Å². The molecule has 42 heavy (non-hydrogen) atoms. The fourth-order valence-electron chi connectivity index (χ4n) is 5.02. The van der Waals surface area contributed by atoms with Crippen LogP contribution < -0.4 is 15.4 Å². The smallest absolute Gasteiger partial charge is 0.406 e. The summed E-state index contributed by atoms with van der Waals surface area (Å²) in [5, 5.41) is 7.15. The molecule has 1 fully saturated rings. The van der Waals surface area contributed by atoms with Crippen LogP contribution in [0.2, 0.25) is 0 Å². The Morgan fingerprint density at radius 3 is 2.45 bits per heavy atom. The molecule has 1 aliphatic heterocycles. The summed E-state index contributed by atoms with van der Waals surface area (Å²) in [6.07, 6.45) is -1.87. The second-order valence-corrected chi connectivity index (χ2v) is 12.7. The zero-order chi connectivity index (χ0) is 30.7. The zero-order valence-corrected chi connectivity index (χ0v) is 24.8. The van der Waals surface area contributed by atoms with Gasteiger partial charge in [0.2, 0.25) is 5.91 Å². The molecule has 2 heterocycles. The van der Waals surface area contributed by atoms with Gasteiger partial charge in [0.25, 0.3) is 0 Å². The third-order valence-electron chi connectivity index (χ3n) is 7.13. The van der Waals surface area contributed by atoms with Gasteiger partial charge >= 0.3 is 6.18 Å². The molecule has 0 spiro atoms. The van der Waals surface area contributed by atoms with E-state index in [4.69, 9.17) is 4.74 Å². The normalized spacial score (nSPS) is 14.5. The maximum atomic E-state index is 13.6. The molecule has 0 atom stereocenters. The van der Waals surface area contributed by atoms with Crippen molar-refractivity contribution in [2.75, 3.05) is 43.6 Å². The van der Waals surface area contributed by atoms with Gasteiger partial charge in [0.05, 0.1) is 35.4 Å². The Hall–Kier alpha value is -3.85. The number of methoxy groups -OCH3 is 1. The van der Waals surface area contributed by atoms with Gasteiger partial charge in [0.15, 0.2) is 9.84 Å². The molecule has 8 nitrogen and oxygen atoms in total. The van der Waals surface area contributed by atoms with Crippen LogP contribution in [-0.2, 0) is 21.2 Å². The minimum absolute atomic E-state index is 0.0613. The van der Waals surface area contributed by atoms with Crippen molar-refractivity contribution in [3.63, 3.8) is 0 Å². The first kappa shape index (κ1) is 31.1. The minimum atomic E-state index is -4.45. The fraction of sp³-hybridized carbons (Fsp3) is 0.433. The summed E-state index contributed by atoms with van der Waals surface area (Å²) in [6.45, 7) is 3.92. The highest BCUT2D eigenvalue weighted by Crippen LogP contribution is 2.32. The number of anilines is 2. The fourth-order valence-corrected chi connectivity index (χ4v) is 5.65. The maximum Gasteiger partial charge on any atom is 0.406 e. The Kier molecular flexibility index (Phi) is 9.30. The number of carbonyl (C=O) groups is 1. The molecule has 0 unspecified atom stereocenters. The van der Waals surface area contributed by atoms with Crippen molar-refractivity contribution < 1.29 is 31.1 Å². The highest BCUT2D eigenvalue weighted by Gasteiger charge is 2.30. The third-order valence-corrected chi connectivity index (χ3v) is 8.24. The number of benzene rings is 2. The topological polar surface area (TPSA) is 92.7 Å². The van der Waals surface area contributed by atoms with Crippen molar-refractivity contribution in [1.29, 1.82) is 0 Å². The Balaban J connectivity index is 1.55. The molecule has 0 bridgehead atoms. The lowest BCUT2D eigenvalue weighted by molar-refractivity contribution is -0.140. The molecule has 3 aromatic rings. The predicted octanol–water partition coefficient (Wildman–Crippen LogP) is 5.14. The highest BCUT2D eigenvalue weighted by molar-refractivity contribution is 7.90. The summed E-state index contributed by atoms with van der Waals surface area (Å²) in [6, 6.07) is 11.3. The first-order valence-corrected chi connectivity index (χ1v) is 15.5. The number of piperidine rings is 1. The lowest BCUT2D eigenvalue weighted by Gasteiger charge is -2.34.